The van der Waals surface area contributed by atoms with Gasteiger partial charge in [-0.2, -0.15) is 0 Å². The maximum atomic E-state index is 13.6. The minimum Gasteiger partial charge on any atom is -0.349 e. The first-order valence-corrected chi connectivity index (χ1v) is 14.0. The summed E-state index contributed by atoms with van der Waals surface area (Å²) in [5.74, 6) is -0.374. The van der Waals surface area contributed by atoms with E-state index in [9.17, 15) is 19.7 Å². The smallest absolute Gasteiger partial charge is 0.294 e. The van der Waals surface area contributed by atoms with Crippen molar-refractivity contribution in [3.05, 3.63) is 104 Å². The van der Waals surface area contributed by atoms with Gasteiger partial charge >= 0.3 is 0 Å². The number of nitro benzene ring substituents is 1. The van der Waals surface area contributed by atoms with Crippen molar-refractivity contribution in [3.8, 4) is 0 Å². The molecule has 1 N–H and O–H groups in total. The summed E-state index contributed by atoms with van der Waals surface area (Å²) in [6.45, 7) is 1.97. The van der Waals surface area contributed by atoms with Gasteiger partial charge in [-0.25, -0.2) is 0 Å². The van der Waals surface area contributed by atoms with E-state index in [2.05, 4.69) is 26.2 Å². The maximum absolute atomic E-state index is 13.6. The Morgan fingerprint density at radius 1 is 0.900 bits per heavy atom. The summed E-state index contributed by atoms with van der Waals surface area (Å²) in [4.78, 5) is 46.6. The van der Waals surface area contributed by atoms with Crippen molar-refractivity contribution >= 4 is 55.6 Å². The third-order valence-corrected chi connectivity index (χ3v) is 8.04. The lowest BCUT2D eigenvalue weighted by molar-refractivity contribution is -0.384. The van der Waals surface area contributed by atoms with Crippen LogP contribution in [0, 0.1) is 10.1 Å². The summed E-state index contributed by atoms with van der Waals surface area (Å²) >= 11 is 3.35. The summed E-state index contributed by atoms with van der Waals surface area (Å²) in [7, 11) is 0. The molecule has 2 aliphatic heterocycles. The normalized spacial score (nSPS) is 14.7. The number of benzene rings is 3. The first-order chi connectivity index (χ1) is 19.4. The number of carbonyl (C=O) groups is 2. The molecule has 1 saturated heterocycles. The van der Waals surface area contributed by atoms with Gasteiger partial charge in [-0.3, -0.25) is 24.7 Å². The molecule has 1 aromatic heterocycles. The van der Waals surface area contributed by atoms with Gasteiger partial charge in [-0.05, 0) is 47.9 Å². The van der Waals surface area contributed by atoms with E-state index in [0.717, 1.165) is 41.2 Å². The molecule has 40 heavy (non-hydrogen) atoms. The Kier molecular flexibility index (Phi) is 6.93. The van der Waals surface area contributed by atoms with Crippen LogP contribution in [0.2, 0.25) is 0 Å². The van der Waals surface area contributed by atoms with E-state index < -0.39 is 4.92 Å². The highest BCUT2D eigenvalue weighted by Crippen LogP contribution is 2.39. The molecule has 10 heteroatoms. The molecule has 0 unspecified atom stereocenters. The Bertz CT molecular complexity index is 1660. The first kappa shape index (κ1) is 25.9. The van der Waals surface area contributed by atoms with Gasteiger partial charge in [0.15, 0.2) is 0 Å². The average Bonchev–Trinajstić information content (AvgIpc) is 3.42. The van der Waals surface area contributed by atoms with Crippen LogP contribution in [0.3, 0.4) is 0 Å². The number of carbonyl (C=O) groups excluding carboxylic acids is 2. The molecule has 4 aromatic rings. The standard InChI is InChI=1S/C30H26BrN5O4/c31-21-13-23(29(37)34-11-4-1-5-12-34)28(27(14-21)36(39)40)33-26-10-6-8-20-17-35(18-25(20)26)30(38)24-16-32-15-19-7-2-3-9-22(19)24/h2-3,6-10,13-16,33H,1,4-5,11-12,17-18H2. The Morgan fingerprint density at radius 3 is 2.48 bits per heavy atom. The number of pyridine rings is 1. The van der Waals surface area contributed by atoms with Gasteiger partial charge in [0.1, 0.15) is 5.69 Å². The van der Waals surface area contributed by atoms with Crippen LogP contribution < -0.4 is 5.32 Å². The highest BCUT2D eigenvalue weighted by atomic mass is 79.9. The van der Waals surface area contributed by atoms with Crippen molar-refractivity contribution in [2.75, 3.05) is 18.4 Å². The maximum Gasteiger partial charge on any atom is 0.294 e. The fourth-order valence-electron chi connectivity index (χ4n) is 5.58. The fraction of sp³-hybridized carbons (Fsp3) is 0.233. The molecule has 0 saturated carbocycles. The predicted molar refractivity (Wildman–Crippen MR) is 156 cm³/mol. The number of rotatable bonds is 5. The van der Waals surface area contributed by atoms with E-state index in [-0.39, 0.29) is 28.8 Å². The molecule has 1 fully saturated rings. The number of nitrogens with zero attached hydrogens (tertiary/aromatic N) is 4. The largest absolute Gasteiger partial charge is 0.349 e. The van der Waals surface area contributed by atoms with E-state index >= 15 is 0 Å². The number of nitrogens with one attached hydrogen (secondary N) is 1. The third kappa shape index (κ3) is 4.79. The molecule has 0 spiro atoms. The fourth-order valence-corrected chi connectivity index (χ4v) is 6.02. The zero-order chi connectivity index (χ0) is 27.8. The van der Waals surface area contributed by atoms with Crippen molar-refractivity contribution in [2.24, 2.45) is 0 Å². The zero-order valence-corrected chi connectivity index (χ0v) is 23.2. The number of piperidine rings is 1. The molecule has 0 bridgehead atoms. The second kappa shape index (κ2) is 10.7. The molecule has 0 aliphatic carbocycles. The zero-order valence-electron chi connectivity index (χ0n) is 21.6. The van der Waals surface area contributed by atoms with Crippen LogP contribution in [0.15, 0.2) is 71.5 Å². The highest BCUT2D eigenvalue weighted by molar-refractivity contribution is 9.10. The highest BCUT2D eigenvalue weighted by Gasteiger charge is 2.31. The van der Waals surface area contributed by atoms with Crippen molar-refractivity contribution in [1.29, 1.82) is 0 Å². The van der Waals surface area contributed by atoms with E-state index in [1.807, 2.05) is 42.5 Å². The van der Waals surface area contributed by atoms with Crippen LogP contribution in [0.25, 0.3) is 10.8 Å². The molecule has 202 valence electrons. The van der Waals surface area contributed by atoms with E-state index in [0.29, 0.717) is 41.9 Å². The van der Waals surface area contributed by atoms with Crippen LogP contribution in [0.5, 0.6) is 0 Å². The lowest BCUT2D eigenvalue weighted by Crippen LogP contribution is -2.36. The number of likely N-dealkylation sites (tertiary alicyclic amines) is 1. The second-order valence-electron chi connectivity index (χ2n) is 10.1. The lowest BCUT2D eigenvalue weighted by atomic mass is 10.0. The number of nitro groups is 1. The van der Waals surface area contributed by atoms with E-state index in [1.54, 1.807) is 28.3 Å². The average molecular weight is 600 g/mol. The van der Waals surface area contributed by atoms with Gasteiger partial charge < -0.3 is 15.1 Å². The number of amides is 2. The number of anilines is 2. The molecule has 3 heterocycles. The SMILES string of the molecule is O=C(c1cc(Br)cc([N+](=O)[O-])c1Nc1cccc2c1CN(C(=O)c1cncc3ccccc13)C2)N1CCCCC1. The molecule has 0 atom stereocenters. The van der Waals surface area contributed by atoms with Crippen LogP contribution >= 0.6 is 15.9 Å². The third-order valence-electron chi connectivity index (χ3n) is 7.58. The van der Waals surface area contributed by atoms with Crippen LogP contribution in [-0.2, 0) is 13.1 Å². The number of hydrogen-bond donors (Lipinski definition) is 1. The Balaban J connectivity index is 1.34. The van der Waals surface area contributed by atoms with Crippen LogP contribution in [0.1, 0.15) is 51.1 Å². The molecule has 9 nitrogen and oxygen atoms in total. The molecule has 2 aliphatic rings. The molecular weight excluding hydrogens is 574 g/mol. The molecule has 6 rings (SSSR count). The van der Waals surface area contributed by atoms with Crippen molar-refractivity contribution < 1.29 is 14.5 Å². The summed E-state index contributed by atoms with van der Waals surface area (Å²) in [6, 6.07) is 16.3. The van der Waals surface area contributed by atoms with Crippen LogP contribution in [-0.4, -0.2) is 44.6 Å². The van der Waals surface area contributed by atoms with Crippen molar-refractivity contribution in [1.82, 2.24) is 14.8 Å². The quantitative estimate of drug-likeness (QED) is 0.209. The Labute approximate surface area is 239 Å². The van der Waals surface area contributed by atoms with Crippen molar-refractivity contribution in [3.63, 3.8) is 0 Å². The summed E-state index contributed by atoms with van der Waals surface area (Å²) in [5, 5.41) is 17.1. The monoisotopic (exact) mass is 599 g/mol. The first-order valence-electron chi connectivity index (χ1n) is 13.2. The minimum atomic E-state index is -0.480. The molecule has 0 radical (unpaired) electrons. The second-order valence-corrected chi connectivity index (χ2v) is 11.0. The van der Waals surface area contributed by atoms with Gasteiger partial charge in [-0.15, -0.1) is 0 Å². The number of fused-ring (bicyclic) bond motifs is 2. The Morgan fingerprint density at radius 2 is 1.68 bits per heavy atom. The lowest BCUT2D eigenvalue weighted by Gasteiger charge is -2.27. The minimum absolute atomic E-state index is 0.137. The van der Waals surface area contributed by atoms with Gasteiger partial charge in [0, 0.05) is 60.2 Å². The number of aromatic nitrogens is 1. The van der Waals surface area contributed by atoms with Crippen molar-refractivity contribution in [2.45, 2.75) is 32.4 Å². The topological polar surface area (TPSA) is 109 Å². The van der Waals surface area contributed by atoms with Gasteiger partial charge in [0.2, 0.25) is 0 Å². The number of hydrogen-bond acceptors (Lipinski definition) is 6. The van der Waals surface area contributed by atoms with Gasteiger partial charge in [0.25, 0.3) is 17.5 Å². The summed E-state index contributed by atoms with van der Waals surface area (Å²) in [6.07, 6.45) is 6.21. The summed E-state index contributed by atoms with van der Waals surface area (Å²) in [5.41, 5.74) is 3.15. The molecule has 2 amide bonds. The van der Waals surface area contributed by atoms with E-state index in [1.165, 1.54) is 6.07 Å². The summed E-state index contributed by atoms with van der Waals surface area (Å²) < 4.78 is 0.462. The predicted octanol–water partition coefficient (Wildman–Crippen LogP) is 6.43. The Hall–Kier alpha value is -4.31. The van der Waals surface area contributed by atoms with E-state index in [4.69, 9.17) is 0 Å². The molecule has 3 aromatic carbocycles. The van der Waals surface area contributed by atoms with Gasteiger partial charge in [-0.1, -0.05) is 52.3 Å². The molecular formula is C30H26BrN5O4. The number of halogens is 1. The van der Waals surface area contributed by atoms with Crippen LogP contribution in [0.4, 0.5) is 17.1 Å². The van der Waals surface area contributed by atoms with Gasteiger partial charge in [0.05, 0.1) is 16.1 Å².